The Hall–Kier alpha value is -3.10. The number of benzene rings is 3. The van der Waals surface area contributed by atoms with Crippen LogP contribution in [0, 0.1) is 0 Å². The zero-order chi connectivity index (χ0) is 22.4. The van der Waals surface area contributed by atoms with Gasteiger partial charge >= 0.3 is 12.0 Å². The molecule has 0 fully saturated rings. The molecular weight excluding hydrogens is 415 g/mol. The van der Waals surface area contributed by atoms with Gasteiger partial charge < -0.3 is 14.1 Å². The first-order chi connectivity index (χ1) is 15.7. The second kappa shape index (κ2) is 10.0. The third-order valence-electron chi connectivity index (χ3n) is 5.63. The normalized spacial score (nSPS) is 11.3. The second-order valence-corrected chi connectivity index (χ2v) is 10.7. The Labute approximate surface area is 191 Å². The Morgan fingerprint density at radius 1 is 0.719 bits per heavy atom. The molecule has 0 saturated heterocycles. The molecule has 0 radical (unpaired) electrons. The minimum absolute atomic E-state index is 0.512. The van der Waals surface area contributed by atoms with Crippen molar-refractivity contribution in [2.45, 2.75) is 20.8 Å². The average Bonchev–Trinajstić information content (AvgIpc) is 3.26. The van der Waals surface area contributed by atoms with Crippen molar-refractivity contribution in [3.8, 4) is 5.95 Å². The van der Waals surface area contributed by atoms with E-state index in [4.69, 9.17) is 14.1 Å². The largest absolute Gasteiger partial charge is 0.461 e. The van der Waals surface area contributed by atoms with E-state index >= 15 is 0 Å². The number of oxazole rings is 1. The van der Waals surface area contributed by atoms with Gasteiger partial charge in [0.25, 0.3) is 5.44 Å². The fraction of sp³-hybridized carbons (Fsp3) is 0.222. The molecule has 0 aliphatic carbocycles. The zero-order valence-corrected chi connectivity index (χ0v) is 19.8. The molecule has 1 aromatic heterocycles. The van der Waals surface area contributed by atoms with Gasteiger partial charge in [0, 0.05) is 13.1 Å². The van der Waals surface area contributed by atoms with Crippen molar-refractivity contribution in [2.24, 2.45) is 0 Å². The highest BCUT2D eigenvalue weighted by atomic mass is 31.2. The fourth-order valence-corrected chi connectivity index (χ4v) is 8.23. The van der Waals surface area contributed by atoms with Gasteiger partial charge in [-0.3, -0.25) is 0 Å². The predicted octanol–water partition coefficient (Wildman–Crippen LogP) is 4.54. The second-order valence-electron chi connectivity index (χ2n) is 7.39. The first-order valence-electron chi connectivity index (χ1n) is 11.2. The molecule has 32 heavy (non-hydrogen) atoms. The maximum atomic E-state index is 6.29. The van der Waals surface area contributed by atoms with Gasteiger partial charge in [0.1, 0.15) is 15.9 Å². The summed E-state index contributed by atoms with van der Waals surface area (Å²) in [5.74, 6) is 0.513. The van der Waals surface area contributed by atoms with Crippen LogP contribution in [0.15, 0.2) is 95.4 Å². The van der Waals surface area contributed by atoms with Crippen LogP contribution in [-0.2, 0) is 0 Å². The highest BCUT2D eigenvalue weighted by Crippen LogP contribution is 2.56. The van der Waals surface area contributed by atoms with E-state index in [1.54, 1.807) is 0 Å². The number of anilines is 1. The van der Waals surface area contributed by atoms with Gasteiger partial charge in [0.05, 0.1) is 6.61 Å². The average molecular weight is 446 g/mol. The summed E-state index contributed by atoms with van der Waals surface area (Å²) in [6, 6.07) is 32.6. The predicted molar refractivity (Wildman–Crippen MR) is 136 cm³/mol. The SMILES string of the molecule is CCOc1oc(N(CC)CC)nc1[P+](c1ccccc1)(c1ccccc1)c1ccccc1. The van der Waals surface area contributed by atoms with E-state index in [0.29, 0.717) is 18.6 Å². The molecule has 0 aliphatic rings. The molecule has 3 aromatic carbocycles. The molecule has 5 heteroatoms. The van der Waals surface area contributed by atoms with Gasteiger partial charge in [-0.2, -0.15) is 4.98 Å². The number of hydrogen-bond acceptors (Lipinski definition) is 4. The molecular formula is C27H30N2O2P+. The number of aromatic nitrogens is 1. The molecule has 4 rings (SSSR count). The molecule has 4 aromatic rings. The van der Waals surface area contributed by atoms with Gasteiger partial charge in [-0.05, 0) is 57.2 Å². The summed E-state index contributed by atoms with van der Waals surface area (Å²) in [6.45, 7) is 8.35. The molecule has 0 saturated carbocycles. The molecule has 0 aliphatic heterocycles. The van der Waals surface area contributed by atoms with E-state index in [2.05, 4.69) is 110 Å². The van der Waals surface area contributed by atoms with Crippen LogP contribution < -0.4 is 31.0 Å². The molecule has 0 unspecified atom stereocenters. The van der Waals surface area contributed by atoms with E-state index in [0.717, 1.165) is 18.5 Å². The lowest BCUT2D eigenvalue weighted by molar-refractivity contribution is 0.261. The van der Waals surface area contributed by atoms with Crippen molar-refractivity contribution in [1.82, 2.24) is 4.98 Å². The van der Waals surface area contributed by atoms with Crippen LogP contribution in [0.4, 0.5) is 6.01 Å². The third-order valence-corrected chi connectivity index (χ3v) is 9.76. The lowest BCUT2D eigenvalue weighted by Crippen LogP contribution is -2.40. The van der Waals surface area contributed by atoms with Gasteiger partial charge in [-0.1, -0.05) is 54.6 Å². The fourth-order valence-electron chi connectivity index (χ4n) is 4.12. The summed E-state index contributed by atoms with van der Waals surface area (Å²) >= 11 is 0. The van der Waals surface area contributed by atoms with Crippen molar-refractivity contribution in [3.05, 3.63) is 91.0 Å². The lowest BCUT2D eigenvalue weighted by atomic mass is 10.4. The summed E-state index contributed by atoms with van der Waals surface area (Å²) in [7, 11) is -2.37. The molecule has 0 bridgehead atoms. The molecule has 0 amide bonds. The Bertz CT molecular complexity index is 1010. The molecule has 164 valence electrons. The number of rotatable bonds is 9. The van der Waals surface area contributed by atoms with Crippen LogP contribution in [0.1, 0.15) is 20.8 Å². The first-order valence-corrected chi connectivity index (χ1v) is 13.0. The summed E-state index contributed by atoms with van der Waals surface area (Å²) in [5, 5.41) is 3.66. The third kappa shape index (κ3) is 3.91. The smallest absolute Gasteiger partial charge is 0.353 e. The lowest BCUT2D eigenvalue weighted by Gasteiger charge is -2.25. The highest BCUT2D eigenvalue weighted by molar-refractivity contribution is 8.01. The Morgan fingerprint density at radius 3 is 1.53 bits per heavy atom. The summed E-state index contributed by atoms with van der Waals surface area (Å²) in [5.41, 5.74) is 0.879. The van der Waals surface area contributed by atoms with Gasteiger partial charge in [0.2, 0.25) is 0 Å². The summed E-state index contributed by atoms with van der Waals surface area (Å²) < 4.78 is 12.4. The molecule has 0 atom stereocenters. The quantitative estimate of drug-likeness (QED) is 0.355. The van der Waals surface area contributed by atoms with Crippen molar-refractivity contribution >= 4 is 34.6 Å². The van der Waals surface area contributed by atoms with Gasteiger partial charge in [0.15, 0.2) is 7.26 Å². The van der Waals surface area contributed by atoms with Crippen LogP contribution in [0.3, 0.4) is 0 Å². The van der Waals surface area contributed by atoms with Crippen molar-refractivity contribution in [2.75, 3.05) is 24.6 Å². The topological polar surface area (TPSA) is 38.5 Å². The van der Waals surface area contributed by atoms with E-state index in [1.165, 1.54) is 15.9 Å². The van der Waals surface area contributed by atoms with Crippen LogP contribution in [0.2, 0.25) is 0 Å². The highest BCUT2D eigenvalue weighted by Gasteiger charge is 2.53. The van der Waals surface area contributed by atoms with E-state index in [1.807, 2.05) is 6.92 Å². The molecule has 4 nitrogen and oxygen atoms in total. The van der Waals surface area contributed by atoms with Crippen molar-refractivity contribution in [1.29, 1.82) is 0 Å². The maximum absolute atomic E-state index is 6.29. The summed E-state index contributed by atoms with van der Waals surface area (Å²) in [6.07, 6.45) is 0. The van der Waals surface area contributed by atoms with Crippen LogP contribution >= 0.6 is 7.26 Å². The van der Waals surface area contributed by atoms with Crippen molar-refractivity contribution < 1.29 is 9.15 Å². The van der Waals surface area contributed by atoms with Crippen LogP contribution in [0.25, 0.3) is 0 Å². The Kier molecular flexibility index (Phi) is 6.92. The van der Waals surface area contributed by atoms with E-state index in [9.17, 15) is 0 Å². The summed E-state index contributed by atoms with van der Waals surface area (Å²) in [4.78, 5) is 7.28. The van der Waals surface area contributed by atoms with E-state index < -0.39 is 7.26 Å². The Balaban J connectivity index is 2.11. The molecule has 0 spiro atoms. The van der Waals surface area contributed by atoms with Crippen LogP contribution in [-0.4, -0.2) is 24.7 Å². The minimum Gasteiger partial charge on any atom is -0.461 e. The zero-order valence-electron chi connectivity index (χ0n) is 18.9. The number of ether oxygens (including phenoxy) is 1. The number of hydrogen-bond donors (Lipinski definition) is 0. The first kappa shape index (κ1) is 22.1. The molecule has 1 heterocycles. The minimum atomic E-state index is -2.37. The Morgan fingerprint density at radius 2 is 1.16 bits per heavy atom. The van der Waals surface area contributed by atoms with Crippen LogP contribution in [0.5, 0.6) is 5.95 Å². The number of nitrogens with zero attached hydrogens (tertiary/aromatic N) is 2. The van der Waals surface area contributed by atoms with E-state index in [-0.39, 0.29) is 0 Å². The standard InChI is InChI=1S/C27H30N2O2P/c1-4-29(5-2)27-28-25(26(31-27)30-6-3)32(22-16-10-7-11-17-22,23-18-12-8-13-19-23)24-20-14-9-15-21-24/h7-21H,4-6H2,1-3H3/q+1. The monoisotopic (exact) mass is 445 g/mol. The van der Waals surface area contributed by atoms with Gasteiger partial charge in [-0.15, -0.1) is 0 Å². The molecule has 0 N–H and O–H groups in total. The van der Waals surface area contributed by atoms with Gasteiger partial charge in [-0.25, -0.2) is 0 Å². The maximum Gasteiger partial charge on any atom is 0.353 e. The van der Waals surface area contributed by atoms with Crippen molar-refractivity contribution in [3.63, 3.8) is 0 Å².